The standard InChI is InChI=1S/C9H10O5/c1-5(2)7(11)4-8(6(3)10)14-9(12)13/h4H,1H2,2-3H3,(H,12,13). The largest absolute Gasteiger partial charge is 0.511 e. The van der Waals surface area contributed by atoms with Crippen LogP contribution in [-0.2, 0) is 14.3 Å². The summed E-state index contributed by atoms with van der Waals surface area (Å²) in [4.78, 5) is 32.0. The van der Waals surface area contributed by atoms with Crippen LogP contribution in [0, 0.1) is 0 Å². The van der Waals surface area contributed by atoms with E-state index in [0.29, 0.717) is 0 Å². The molecule has 0 aromatic heterocycles. The lowest BCUT2D eigenvalue weighted by Crippen LogP contribution is -2.09. The number of rotatable bonds is 4. The average Bonchev–Trinajstić information content (AvgIpc) is 2.01. The van der Waals surface area contributed by atoms with E-state index in [-0.39, 0.29) is 5.57 Å². The Hall–Kier alpha value is -1.91. The van der Waals surface area contributed by atoms with E-state index in [1.807, 2.05) is 0 Å². The topological polar surface area (TPSA) is 80.7 Å². The van der Waals surface area contributed by atoms with Crippen LogP contribution in [0.25, 0.3) is 0 Å². The van der Waals surface area contributed by atoms with E-state index in [1.54, 1.807) is 0 Å². The van der Waals surface area contributed by atoms with Crippen molar-refractivity contribution in [2.24, 2.45) is 0 Å². The molecule has 0 aliphatic rings. The fourth-order valence-electron chi connectivity index (χ4n) is 0.539. The van der Waals surface area contributed by atoms with Crippen LogP contribution in [0.15, 0.2) is 24.0 Å². The molecule has 0 aromatic carbocycles. The highest BCUT2D eigenvalue weighted by Gasteiger charge is 2.12. The number of hydrogen-bond acceptors (Lipinski definition) is 4. The molecule has 0 spiro atoms. The molecule has 14 heavy (non-hydrogen) atoms. The number of carbonyl (C=O) groups is 3. The minimum Gasteiger partial charge on any atom is -0.449 e. The molecule has 0 atom stereocenters. The molecule has 0 bridgehead atoms. The van der Waals surface area contributed by atoms with E-state index in [2.05, 4.69) is 11.3 Å². The Morgan fingerprint density at radius 2 is 1.79 bits per heavy atom. The maximum Gasteiger partial charge on any atom is 0.511 e. The Morgan fingerprint density at radius 3 is 2.07 bits per heavy atom. The first-order valence-corrected chi connectivity index (χ1v) is 3.68. The van der Waals surface area contributed by atoms with E-state index < -0.39 is 23.5 Å². The van der Waals surface area contributed by atoms with Gasteiger partial charge in [0.2, 0.25) is 0 Å². The van der Waals surface area contributed by atoms with Crippen LogP contribution in [0.5, 0.6) is 0 Å². The summed E-state index contributed by atoms with van der Waals surface area (Å²) in [5.41, 5.74) is 0.192. The highest BCUT2D eigenvalue weighted by molar-refractivity contribution is 6.08. The van der Waals surface area contributed by atoms with E-state index in [1.165, 1.54) is 6.92 Å². The summed E-state index contributed by atoms with van der Waals surface area (Å²) >= 11 is 0. The maximum absolute atomic E-state index is 11.0. The molecule has 5 nitrogen and oxygen atoms in total. The molecule has 0 heterocycles. The SMILES string of the molecule is C=C(C)C(=O)C=C(OC(=O)O)C(C)=O. The van der Waals surface area contributed by atoms with Crippen molar-refractivity contribution in [1.82, 2.24) is 0 Å². The van der Waals surface area contributed by atoms with Crippen LogP contribution in [0.1, 0.15) is 13.8 Å². The number of allylic oxidation sites excluding steroid dienone is 3. The van der Waals surface area contributed by atoms with Gasteiger partial charge in [-0.05, 0) is 12.5 Å². The second-order valence-corrected chi connectivity index (χ2v) is 2.58. The van der Waals surface area contributed by atoms with Gasteiger partial charge in [-0.3, -0.25) is 9.59 Å². The van der Waals surface area contributed by atoms with Crippen molar-refractivity contribution in [1.29, 1.82) is 0 Å². The molecular formula is C9H10O5. The molecule has 0 saturated heterocycles. The van der Waals surface area contributed by atoms with Crippen LogP contribution in [0.2, 0.25) is 0 Å². The van der Waals surface area contributed by atoms with Gasteiger partial charge in [-0.1, -0.05) is 6.58 Å². The van der Waals surface area contributed by atoms with Gasteiger partial charge in [0, 0.05) is 13.0 Å². The molecular weight excluding hydrogens is 188 g/mol. The number of Topliss-reactive ketones (excluding diaryl/α,β-unsaturated/α-hetero) is 1. The van der Waals surface area contributed by atoms with E-state index >= 15 is 0 Å². The molecule has 0 aliphatic heterocycles. The van der Waals surface area contributed by atoms with E-state index in [0.717, 1.165) is 13.0 Å². The molecule has 1 N–H and O–H groups in total. The summed E-state index contributed by atoms with van der Waals surface area (Å²) in [6, 6.07) is 0. The predicted molar refractivity (Wildman–Crippen MR) is 47.7 cm³/mol. The summed E-state index contributed by atoms with van der Waals surface area (Å²) in [5, 5.41) is 8.24. The highest BCUT2D eigenvalue weighted by atomic mass is 16.7. The molecule has 0 saturated carbocycles. The lowest BCUT2D eigenvalue weighted by Gasteiger charge is -2.00. The first kappa shape index (κ1) is 12.1. The molecule has 0 amide bonds. The zero-order valence-corrected chi connectivity index (χ0v) is 7.86. The van der Waals surface area contributed by atoms with Crippen LogP contribution >= 0.6 is 0 Å². The third kappa shape index (κ3) is 4.20. The quantitative estimate of drug-likeness (QED) is 0.418. The van der Waals surface area contributed by atoms with Crippen LogP contribution in [0.4, 0.5) is 4.79 Å². The van der Waals surface area contributed by atoms with E-state index in [4.69, 9.17) is 5.11 Å². The number of hydrogen-bond donors (Lipinski definition) is 1. The van der Waals surface area contributed by atoms with Crippen molar-refractivity contribution >= 4 is 17.7 Å². The van der Waals surface area contributed by atoms with Gasteiger partial charge in [-0.25, -0.2) is 4.79 Å². The predicted octanol–water partition coefficient (Wildman–Crippen LogP) is 1.30. The Morgan fingerprint density at radius 1 is 1.29 bits per heavy atom. The Balaban J connectivity index is 4.82. The monoisotopic (exact) mass is 198 g/mol. The summed E-state index contributed by atoms with van der Waals surface area (Å²) in [5.74, 6) is -1.69. The number of carboxylic acid groups (broad SMARTS) is 1. The number of carbonyl (C=O) groups excluding carboxylic acids is 2. The molecule has 0 rings (SSSR count). The molecule has 0 fully saturated rings. The third-order valence-electron chi connectivity index (χ3n) is 1.23. The Bertz CT molecular complexity index is 324. The number of ether oxygens (including phenoxy) is 1. The number of ketones is 2. The van der Waals surface area contributed by atoms with Gasteiger partial charge < -0.3 is 9.84 Å². The fraction of sp³-hybridized carbons (Fsp3) is 0.222. The summed E-state index contributed by atoms with van der Waals surface area (Å²) in [7, 11) is 0. The van der Waals surface area contributed by atoms with Crippen molar-refractivity contribution in [3.8, 4) is 0 Å². The van der Waals surface area contributed by atoms with Gasteiger partial charge >= 0.3 is 6.16 Å². The molecule has 0 radical (unpaired) electrons. The van der Waals surface area contributed by atoms with Crippen LogP contribution in [0.3, 0.4) is 0 Å². The first-order valence-electron chi connectivity index (χ1n) is 3.68. The summed E-state index contributed by atoms with van der Waals surface area (Å²) < 4.78 is 4.10. The van der Waals surface area contributed by atoms with Gasteiger partial charge in [-0.2, -0.15) is 0 Å². The van der Waals surface area contributed by atoms with Crippen LogP contribution in [-0.4, -0.2) is 22.8 Å². The smallest absolute Gasteiger partial charge is 0.449 e. The lowest BCUT2D eigenvalue weighted by molar-refractivity contribution is -0.117. The average molecular weight is 198 g/mol. The lowest BCUT2D eigenvalue weighted by atomic mass is 10.2. The zero-order chi connectivity index (χ0) is 11.3. The normalized spacial score (nSPS) is 10.6. The van der Waals surface area contributed by atoms with Crippen molar-refractivity contribution in [3.63, 3.8) is 0 Å². The van der Waals surface area contributed by atoms with Crippen LogP contribution < -0.4 is 0 Å². The second-order valence-electron chi connectivity index (χ2n) is 2.58. The Labute approximate surface area is 80.7 Å². The molecule has 0 aliphatic carbocycles. The van der Waals surface area contributed by atoms with Crippen molar-refractivity contribution in [2.75, 3.05) is 0 Å². The maximum atomic E-state index is 11.0. The van der Waals surface area contributed by atoms with Gasteiger partial charge in [0.1, 0.15) is 0 Å². The molecule has 76 valence electrons. The Kier molecular flexibility index (Phi) is 4.28. The second kappa shape index (κ2) is 4.96. The van der Waals surface area contributed by atoms with Gasteiger partial charge in [-0.15, -0.1) is 0 Å². The fourth-order valence-corrected chi connectivity index (χ4v) is 0.539. The molecule has 0 unspecified atom stereocenters. The molecule has 0 aromatic rings. The van der Waals surface area contributed by atoms with Gasteiger partial charge in [0.15, 0.2) is 17.3 Å². The summed E-state index contributed by atoms with van der Waals surface area (Å²) in [6.07, 6.45) is -0.834. The van der Waals surface area contributed by atoms with Crippen molar-refractivity contribution in [3.05, 3.63) is 24.0 Å². The van der Waals surface area contributed by atoms with Gasteiger partial charge in [0.25, 0.3) is 0 Å². The minimum absolute atomic E-state index is 0.192. The summed E-state index contributed by atoms with van der Waals surface area (Å²) in [6.45, 7) is 5.88. The third-order valence-corrected chi connectivity index (χ3v) is 1.23. The first-order chi connectivity index (χ1) is 6.34. The zero-order valence-electron chi connectivity index (χ0n) is 7.86. The minimum atomic E-state index is -1.64. The highest BCUT2D eigenvalue weighted by Crippen LogP contribution is 2.03. The van der Waals surface area contributed by atoms with Crippen molar-refractivity contribution in [2.45, 2.75) is 13.8 Å². The van der Waals surface area contributed by atoms with E-state index in [9.17, 15) is 14.4 Å². The molecule has 5 heteroatoms. The van der Waals surface area contributed by atoms with Crippen molar-refractivity contribution < 1.29 is 24.2 Å². The van der Waals surface area contributed by atoms with Gasteiger partial charge in [0.05, 0.1) is 0 Å².